The van der Waals surface area contributed by atoms with E-state index in [9.17, 15) is 4.79 Å². The number of amides is 1. The lowest BCUT2D eigenvalue weighted by Gasteiger charge is -2.14. The molecule has 0 aliphatic rings. The van der Waals surface area contributed by atoms with Gasteiger partial charge >= 0.3 is 6.09 Å². The van der Waals surface area contributed by atoms with Gasteiger partial charge in [0.05, 0.1) is 12.6 Å². The van der Waals surface area contributed by atoms with Gasteiger partial charge in [-0.25, -0.2) is 9.78 Å². The number of imidazole rings is 1. The highest BCUT2D eigenvalue weighted by molar-refractivity contribution is 5.87. The van der Waals surface area contributed by atoms with Crippen LogP contribution in [0.4, 0.5) is 4.79 Å². The van der Waals surface area contributed by atoms with Crippen molar-refractivity contribution in [2.24, 2.45) is 5.73 Å². The van der Waals surface area contributed by atoms with Crippen LogP contribution in [-0.2, 0) is 0 Å². The monoisotopic (exact) mass is 370 g/mol. The van der Waals surface area contributed by atoms with Gasteiger partial charge in [0.2, 0.25) is 0 Å². The summed E-state index contributed by atoms with van der Waals surface area (Å²) in [6.07, 6.45) is -0.881. The number of nitrogens with two attached hydrogens (primary N) is 1. The zero-order chi connectivity index (χ0) is 19.4. The predicted molar refractivity (Wildman–Crippen MR) is 102 cm³/mol. The van der Waals surface area contributed by atoms with E-state index in [2.05, 4.69) is 9.97 Å². The van der Waals surface area contributed by atoms with Gasteiger partial charge in [0.15, 0.2) is 17.2 Å². The lowest BCUT2D eigenvalue weighted by molar-refractivity contribution is 0.211. The van der Waals surface area contributed by atoms with E-state index in [0.717, 1.165) is 17.6 Å². The second kappa shape index (κ2) is 7.96. The molecule has 1 amide bonds. The first kappa shape index (κ1) is 18.5. The van der Waals surface area contributed by atoms with Gasteiger partial charge in [0.1, 0.15) is 17.9 Å². The van der Waals surface area contributed by atoms with Crippen LogP contribution in [0.15, 0.2) is 36.4 Å². The second-order valence-corrected chi connectivity index (χ2v) is 6.18. The van der Waals surface area contributed by atoms with Crippen LogP contribution in [-0.4, -0.2) is 55.3 Å². The number of benzene rings is 2. The first-order valence-corrected chi connectivity index (χ1v) is 8.40. The van der Waals surface area contributed by atoms with Crippen molar-refractivity contribution in [3.63, 3.8) is 0 Å². The van der Waals surface area contributed by atoms with Crippen LogP contribution in [0.3, 0.4) is 0 Å². The van der Waals surface area contributed by atoms with Crippen molar-refractivity contribution < 1.29 is 19.0 Å². The molecular weight excluding hydrogens is 348 g/mol. The Labute approximate surface area is 156 Å². The highest BCUT2D eigenvalue weighted by Crippen LogP contribution is 2.33. The molecule has 0 aliphatic carbocycles. The Kier molecular flexibility index (Phi) is 5.46. The number of ether oxygens (including phenoxy) is 3. The van der Waals surface area contributed by atoms with Gasteiger partial charge in [-0.15, -0.1) is 0 Å². The van der Waals surface area contributed by atoms with Gasteiger partial charge in [0.25, 0.3) is 0 Å². The summed E-state index contributed by atoms with van der Waals surface area (Å²) in [5.74, 6) is 2.20. The number of nitrogens with zero attached hydrogens (tertiary/aromatic N) is 2. The number of fused-ring (bicyclic) bond motifs is 1. The molecule has 0 atom stereocenters. The SMILES string of the molecule is COc1ccc(-c2nc3c(OC(N)=O)cccc3[nH]2)cc1OCCN(C)C. The maximum absolute atomic E-state index is 11.1. The van der Waals surface area contributed by atoms with Crippen LogP contribution in [0, 0.1) is 0 Å². The maximum atomic E-state index is 11.1. The topological polar surface area (TPSA) is 103 Å². The summed E-state index contributed by atoms with van der Waals surface area (Å²) in [6.45, 7) is 1.31. The molecule has 0 aliphatic heterocycles. The van der Waals surface area contributed by atoms with Gasteiger partial charge < -0.3 is 29.8 Å². The second-order valence-electron chi connectivity index (χ2n) is 6.18. The zero-order valence-electron chi connectivity index (χ0n) is 15.5. The number of aromatic amines is 1. The maximum Gasteiger partial charge on any atom is 0.410 e. The van der Waals surface area contributed by atoms with Gasteiger partial charge in [0, 0.05) is 12.1 Å². The number of carbonyl (C=O) groups is 1. The van der Waals surface area contributed by atoms with E-state index < -0.39 is 6.09 Å². The number of rotatable bonds is 7. The molecule has 3 N–H and O–H groups in total. The van der Waals surface area contributed by atoms with Gasteiger partial charge in [-0.05, 0) is 44.4 Å². The summed E-state index contributed by atoms with van der Waals surface area (Å²) < 4.78 is 16.3. The molecule has 0 bridgehead atoms. The van der Waals surface area contributed by atoms with E-state index >= 15 is 0 Å². The number of hydrogen-bond donors (Lipinski definition) is 2. The quantitative estimate of drug-likeness (QED) is 0.663. The van der Waals surface area contributed by atoms with E-state index in [4.69, 9.17) is 19.9 Å². The largest absolute Gasteiger partial charge is 0.493 e. The molecule has 142 valence electrons. The zero-order valence-corrected chi connectivity index (χ0v) is 15.5. The number of para-hydroxylation sites is 1. The molecule has 3 aromatic rings. The van der Waals surface area contributed by atoms with Gasteiger partial charge in [-0.1, -0.05) is 6.07 Å². The van der Waals surface area contributed by atoms with Crippen molar-refractivity contribution in [2.75, 3.05) is 34.4 Å². The van der Waals surface area contributed by atoms with Crippen LogP contribution in [0.25, 0.3) is 22.4 Å². The van der Waals surface area contributed by atoms with Crippen molar-refractivity contribution >= 4 is 17.1 Å². The standard InChI is InChI=1S/C19H22N4O4/c1-23(2)9-10-26-16-11-12(7-8-14(16)25-3)18-21-13-5-4-6-15(17(13)22-18)27-19(20)24/h4-8,11H,9-10H2,1-3H3,(H2,20,24)(H,21,22). The van der Waals surface area contributed by atoms with Crippen LogP contribution in [0.1, 0.15) is 0 Å². The van der Waals surface area contributed by atoms with Crippen molar-refractivity contribution in [3.8, 4) is 28.6 Å². The molecule has 3 rings (SSSR count). The minimum Gasteiger partial charge on any atom is -0.493 e. The highest BCUT2D eigenvalue weighted by atomic mass is 16.5. The van der Waals surface area contributed by atoms with E-state index in [1.807, 2.05) is 43.3 Å². The number of likely N-dealkylation sites (N-methyl/N-ethyl adjacent to an activating group) is 1. The Morgan fingerprint density at radius 1 is 1.19 bits per heavy atom. The number of aromatic nitrogens is 2. The molecule has 0 unspecified atom stereocenters. The molecule has 8 heteroatoms. The number of primary amides is 1. The Bertz CT molecular complexity index is 952. The molecule has 1 heterocycles. The number of H-pyrrole nitrogens is 1. The van der Waals surface area contributed by atoms with Crippen LogP contribution in [0.2, 0.25) is 0 Å². The van der Waals surface area contributed by atoms with Gasteiger partial charge in [-0.3, -0.25) is 0 Å². The Hall–Kier alpha value is -3.26. The van der Waals surface area contributed by atoms with E-state index in [1.165, 1.54) is 0 Å². The third kappa shape index (κ3) is 4.29. The smallest absolute Gasteiger partial charge is 0.410 e. The number of nitrogens with one attached hydrogen (secondary N) is 1. The van der Waals surface area contributed by atoms with Crippen molar-refractivity contribution in [3.05, 3.63) is 36.4 Å². The van der Waals surface area contributed by atoms with Gasteiger partial charge in [-0.2, -0.15) is 0 Å². The van der Waals surface area contributed by atoms with Crippen LogP contribution < -0.4 is 19.9 Å². The fourth-order valence-corrected chi connectivity index (χ4v) is 2.61. The van der Waals surface area contributed by atoms with Crippen LogP contribution >= 0.6 is 0 Å². The Morgan fingerprint density at radius 3 is 2.70 bits per heavy atom. The summed E-state index contributed by atoms with van der Waals surface area (Å²) in [4.78, 5) is 20.9. The lowest BCUT2D eigenvalue weighted by atomic mass is 10.2. The molecule has 0 saturated carbocycles. The minimum absolute atomic E-state index is 0.304. The van der Waals surface area contributed by atoms with Crippen molar-refractivity contribution in [1.82, 2.24) is 14.9 Å². The molecular formula is C19H22N4O4. The first-order chi connectivity index (χ1) is 13.0. The summed E-state index contributed by atoms with van der Waals surface area (Å²) in [5, 5.41) is 0. The summed E-state index contributed by atoms with van der Waals surface area (Å²) in [7, 11) is 5.57. The molecule has 8 nitrogen and oxygen atoms in total. The summed E-state index contributed by atoms with van der Waals surface area (Å²) >= 11 is 0. The molecule has 0 spiro atoms. The number of hydrogen-bond acceptors (Lipinski definition) is 6. The predicted octanol–water partition coefficient (Wildman–Crippen LogP) is 2.64. The number of methoxy groups -OCH3 is 1. The van der Waals surface area contributed by atoms with E-state index in [-0.39, 0.29) is 0 Å². The normalized spacial score (nSPS) is 11.0. The first-order valence-electron chi connectivity index (χ1n) is 8.40. The third-order valence-electron chi connectivity index (χ3n) is 3.92. The molecule has 1 aromatic heterocycles. The summed E-state index contributed by atoms with van der Waals surface area (Å²) in [6, 6.07) is 10.8. The number of carbonyl (C=O) groups excluding carboxylic acids is 1. The molecule has 0 saturated heterocycles. The lowest BCUT2D eigenvalue weighted by Crippen LogP contribution is -2.19. The average Bonchev–Trinajstić information content (AvgIpc) is 3.06. The summed E-state index contributed by atoms with van der Waals surface area (Å²) in [5.41, 5.74) is 7.19. The highest BCUT2D eigenvalue weighted by Gasteiger charge is 2.14. The molecule has 2 aromatic carbocycles. The van der Waals surface area contributed by atoms with Crippen molar-refractivity contribution in [1.29, 1.82) is 0 Å². The fourth-order valence-electron chi connectivity index (χ4n) is 2.61. The van der Waals surface area contributed by atoms with E-state index in [0.29, 0.717) is 35.2 Å². The third-order valence-corrected chi connectivity index (χ3v) is 3.92. The van der Waals surface area contributed by atoms with E-state index in [1.54, 1.807) is 19.2 Å². The van der Waals surface area contributed by atoms with Crippen molar-refractivity contribution in [2.45, 2.75) is 0 Å². The molecule has 27 heavy (non-hydrogen) atoms. The fraction of sp³-hybridized carbons (Fsp3) is 0.263. The Morgan fingerprint density at radius 2 is 2.00 bits per heavy atom. The van der Waals surface area contributed by atoms with Crippen LogP contribution in [0.5, 0.6) is 17.2 Å². The Balaban J connectivity index is 1.94. The minimum atomic E-state index is -0.881. The average molecular weight is 370 g/mol. The molecule has 0 radical (unpaired) electrons. The molecule has 0 fully saturated rings.